The standard InChI is InChI=1S/C7H5Br3OS/c8-7(9,10)12-6-3-1-5(11)2-4-6/h1-4,11H. The summed E-state index contributed by atoms with van der Waals surface area (Å²) in [5, 5.41) is 9.01. The van der Waals surface area contributed by atoms with Crippen LogP contribution in [0.4, 0.5) is 0 Å². The number of hydrogen-bond acceptors (Lipinski definition) is 2. The molecule has 0 spiro atoms. The number of aromatic hydroxyl groups is 1. The van der Waals surface area contributed by atoms with Crippen molar-refractivity contribution in [2.24, 2.45) is 0 Å². The van der Waals surface area contributed by atoms with Gasteiger partial charge in [0.05, 0.1) is 0 Å². The molecule has 0 aliphatic carbocycles. The van der Waals surface area contributed by atoms with E-state index in [1.807, 2.05) is 12.1 Å². The van der Waals surface area contributed by atoms with Crippen LogP contribution in [-0.2, 0) is 0 Å². The molecule has 0 amide bonds. The largest absolute Gasteiger partial charge is 0.508 e. The molecule has 0 heterocycles. The Kier molecular flexibility index (Phi) is 3.95. The monoisotopic (exact) mass is 374 g/mol. The Morgan fingerprint density at radius 2 is 1.58 bits per heavy atom. The van der Waals surface area contributed by atoms with Gasteiger partial charge in [0.1, 0.15) is 5.75 Å². The van der Waals surface area contributed by atoms with Gasteiger partial charge in [-0.05, 0) is 72.1 Å². The average molecular weight is 377 g/mol. The zero-order valence-electron chi connectivity index (χ0n) is 5.80. The minimum atomic E-state index is -0.329. The van der Waals surface area contributed by atoms with Gasteiger partial charge in [-0.1, -0.05) is 11.8 Å². The van der Waals surface area contributed by atoms with Crippen molar-refractivity contribution < 1.29 is 5.11 Å². The van der Waals surface area contributed by atoms with E-state index in [0.717, 1.165) is 4.90 Å². The van der Waals surface area contributed by atoms with Crippen molar-refractivity contribution in [3.8, 4) is 5.75 Å². The fraction of sp³-hybridized carbons (Fsp3) is 0.143. The summed E-state index contributed by atoms with van der Waals surface area (Å²) in [7, 11) is 0. The van der Waals surface area contributed by atoms with Crippen LogP contribution in [-0.4, -0.2) is 6.58 Å². The Bertz CT molecular complexity index is 254. The second-order valence-corrected chi connectivity index (χ2v) is 11.7. The smallest absolute Gasteiger partial charge is 0.184 e. The van der Waals surface area contributed by atoms with E-state index in [9.17, 15) is 0 Å². The third-order valence-corrected chi connectivity index (χ3v) is 3.27. The molecule has 5 heteroatoms. The maximum atomic E-state index is 9.01. The van der Waals surface area contributed by atoms with Crippen molar-refractivity contribution in [3.63, 3.8) is 0 Å². The number of halogens is 3. The van der Waals surface area contributed by atoms with Gasteiger partial charge in [0.25, 0.3) is 0 Å². The lowest BCUT2D eigenvalue weighted by Gasteiger charge is -2.10. The van der Waals surface area contributed by atoms with Crippen molar-refractivity contribution in [1.82, 2.24) is 0 Å². The number of phenols is 1. The summed E-state index contributed by atoms with van der Waals surface area (Å²) in [5.41, 5.74) is 0. The fourth-order valence-electron chi connectivity index (χ4n) is 0.648. The first-order chi connectivity index (χ1) is 5.47. The van der Waals surface area contributed by atoms with Crippen LogP contribution in [0.2, 0.25) is 0 Å². The van der Waals surface area contributed by atoms with Gasteiger partial charge in [0.15, 0.2) is 1.47 Å². The van der Waals surface area contributed by atoms with E-state index in [1.165, 1.54) is 0 Å². The normalized spacial score (nSPS) is 11.6. The second-order valence-electron chi connectivity index (χ2n) is 2.04. The molecule has 1 N–H and O–H groups in total. The van der Waals surface area contributed by atoms with Gasteiger partial charge in [-0.3, -0.25) is 0 Å². The average Bonchev–Trinajstić information content (AvgIpc) is 1.91. The van der Waals surface area contributed by atoms with Gasteiger partial charge >= 0.3 is 0 Å². The molecule has 0 aliphatic heterocycles. The van der Waals surface area contributed by atoms with Crippen LogP contribution in [0.5, 0.6) is 5.75 Å². The van der Waals surface area contributed by atoms with Gasteiger partial charge in [-0.2, -0.15) is 0 Å². The maximum absolute atomic E-state index is 9.01. The molecule has 0 radical (unpaired) electrons. The van der Waals surface area contributed by atoms with Crippen molar-refractivity contribution in [2.75, 3.05) is 0 Å². The molecule has 12 heavy (non-hydrogen) atoms. The molecule has 1 aromatic rings. The summed E-state index contributed by atoms with van der Waals surface area (Å²) in [6, 6.07) is 7.00. The molecule has 0 bridgehead atoms. The fourth-order valence-corrected chi connectivity index (χ4v) is 2.87. The van der Waals surface area contributed by atoms with E-state index in [-0.39, 0.29) is 7.22 Å². The highest BCUT2D eigenvalue weighted by molar-refractivity contribution is 9.42. The molecular weight excluding hydrogens is 372 g/mol. The highest BCUT2D eigenvalue weighted by atomic mass is 80.0. The molecule has 0 unspecified atom stereocenters. The molecular formula is C7H5Br3OS. The molecule has 0 saturated heterocycles. The maximum Gasteiger partial charge on any atom is 0.184 e. The summed E-state index contributed by atoms with van der Waals surface area (Å²) < 4.78 is -0.329. The number of phenolic OH excluding ortho intramolecular Hbond substituents is 1. The van der Waals surface area contributed by atoms with E-state index < -0.39 is 0 Å². The molecule has 66 valence electrons. The molecule has 1 nitrogen and oxygen atoms in total. The number of benzene rings is 1. The van der Waals surface area contributed by atoms with Gasteiger partial charge in [-0.15, -0.1) is 0 Å². The topological polar surface area (TPSA) is 20.2 Å². The lowest BCUT2D eigenvalue weighted by atomic mass is 10.3. The van der Waals surface area contributed by atoms with E-state index in [1.54, 1.807) is 23.9 Å². The Labute approximate surface area is 100 Å². The molecule has 0 saturated carbocycles. The molecule has 0 aliphatic rings. The van der Waals surface area contributed by atoms with E-state index in [0.29, 0.717) is 0 Å². The zero-order chi connectivity index (χ0) is 9.19. The van der Waals surface area contributed by atoms with Crippen LogP contribution >= 0.6 is 59.6 Å². The first kappa shape index (κ1) is 10.9. The molecule has 0 atom stereocenters. The van der Waals surface area contributed by atoms with Crippen molar-refractivity contribution in [1.29, 1.82) is 0 Å². The molecule has 0 aromatic heterocycles. The minimum Gasteiger partial charge on any atom is -0.508 e. The first-order valence-electron chi connectivity index (χ1n) is 3.02. The lowest BCUT2D eigenvalue weighted by Crippen LogP contribution is -1.89. The summed E-state index contributed by atoms with van der Waals surface area (Å²) in [4.78, 5) is 1.05. The van der Waals surface area contributed by atoms with Crippen LogP contribution in [0.1, 0.15) is 0 Å². The highest BCUT2D eigenvalue weighted by Crippen LogP contribution is 2.48. The van der Waals surface area contributed by atoms with Crippen molar-refractivity contribution in [3.05, 3.63) is 24.3 Å². The number of thioether (sulfide) groups is 1. The van der Waals surface area contributed by atoms with E-state index >= 15 is 0 Å². The van der Waals surface area contributed by atoms with Gasteiger partial charge < -0.3 is 5.11 Å². The highest BCUT2D eigenvalue weighted by Gasteiger charge is 2.18. The zero-order valence-corrected chi connectivity index (χ0v) is 11.4. The summed E-state index contributed by atoms with van der Waals surface area (Å²) >= 11 is 11.7. The second kappa shape index (κ2) is 4.35. The Morgan fingerprint density at radius 1 is 1.08 bits per heavy atom. The van der Waals surface area contributed by atoms with Crippen LogP contribution in [0.25, 0.3) is 0 Å². The number of hydrogen-bond donors (Lipinski definition) is 1. The summed E-state index contributed by atoms with van der Waals surface area (Å²) in [6.07, 6.45) is 0. The molecule has 1 aromatic carbocycles. The Hall–Kier alpha value is 0.810. The van der Waals surface area contributed by atoms with Crippen LogP contribution in [0.15, 0.2) is 29.2 Å². The van der Waals surface area contributed by atoms with Gasteiger partial charge in [0, 0.05) is 4.90 Å². The van der Waals surface area contributed by atoms with E-state index in [4.69, 9.17) is 5.11 Å². The number of rotatable bonds is 1. The third kappa shape index (κ3) is 4.16. The third-order valence-electron chi connectivity index (χ3n) is 1.07. The van der Waals surface area contributed by atoms with Crippen LogP contribution in [0.3, 0.4) is 0 Å². The minimum absolute atomic E-state index is 0.281. The van der Waals surface area contributed by atoms with Crippen LogP contribution in [0, 0.1) is 0 Å². The SMILES string of the molecule is Oc1ccc(SC(Br)(Br)Br)cc1. The van der Waals surface area contributed by atoms with Crippen molar-refractivity contribution >= 4 is 59.6 Å². The van der Waals surface area contributed by atoms with Crippen molar-refractivity contribution in [2.45, 2.75) is 6.37 Å². The van der Waals surface area contributed by atoms with Gasteiger partial charge in [-0.25, -0.2) is 0 Å². The van der Waals surface area contributed by atoms with E-state index in [2.05, 4.69) is 47.8 Å². The Morgan fingerprint density at radius 3 is 2.00 bits per heavy atom. The lowest BCUT2D eigenvalue weighted by molar-refractivity contribution is 0.475. The first-order valence-corrected chi connectivity index (χ1v) is 6.22. The Balaban J connectivity index is 2.71. The summed E-state index contributed by atoms with van der Waals surface area (Å²) in [5.74, 6) is 0.281. The van der Waals surface area contributed by atoms with Crippen LogP contribution < -0.4 is 0 Å². The quantitative estimate of drug-likeness (QED) is 0.583. The summed E-state index contributed by atoms with van der Waals surface area (Å²) in [6.45, 7) is 0. The van der Waals surface area contributed by atoms with Gasteiger partial charge in [0.2, 0.25) is 0 Å². The number of alkyl halides is 3. The molecule has 1 rings (SSSR count). The predicted octanol–water partition coefficient (Wildman–Crippen LogP) is 4.28. The molecule has 0 fully saturated rings. The predicted molar refractivity (Wildman–Crippen MR) is 63.5 cm³/mol.